The quantitative estimate of drug-likeness (QED) is 0.570. The highest BCUT2D eigenvalue weighted by atomic mass is 16.4. The first-order valence-corrected chi connectivity index (χ1v) is 6.21. The normalized spacial score (nSPS) is 10.0. The first-order valence-electron chi connectivity index (χ1n) is 6.21. The summed E-state index contributed by atoms with van der Waals surface area (Å²) in [6.45, 7) is 0.0630. The maximum absolute atomic E-state index is 11.5. The molecule has 116 valence electrons. The van der Waals surface area contributed by atoms with Gasteiger partial charge in [0, 0.05) is 27.1 Å². The molecule has 0 aromatic carbocycles. The van der Waals surface area contributed by atoms with Crippen LogP contribution in [0.4, 0.5) is 4.79 Å². The number of amides is 3. The Morgan fingerprint density at radius 1 is 1.33 bits per heavy atom. The van der Waals surface area contributed by atoms with Crippen molar-refractivity contribution < 1.29 is 19.5 Å². The molecule has 0 saturated carbocycles. The molecule has 0 atom stereocenters. The molecule has 21 heavy (non-hydrogen) atoms. The number of aromatic nitrogens is 3. The molecular weight excluding hydrogens is 280 g/mol. The van der Waals surface area contributed by atoms with Gasteiger partial charge in [0.25, 0.3) is 0 Å². The van der Waals surface area contributed by atoms with Crippen LogP contribution in [0.25, 0.3) is 0 Å². The molecule has 1 rings (SSSR count). The van der Waals surface area contributed by atoms with Crippen molar-refractivity contribution in [2.75, 3.05) is 20.6 Å². The number of aliphatic carboxylic acids is 1. The van der Waals surface area contributed by atoms with Crippen LogP contribution in [0.2, 0.25) is 0 Å². The van der Waals surface area contributed by atoms with Crippen LogP contribution in [0.3, 0.4) is 0 Å². The summed E-state index contributed by atoms with van der Waals surface area (Å²) < 4.78 is 1.16. The number of hydrogen-bond acceptors (Lipinski definition) is 5. The van der Waals surface area contributed by atoms with Crippen LogP contribution in [0.5, 0.6) is 0 Å². The lowest BCUT2D eigenvalue weighted by molar-refractivity contribution is -0.138. The molecule has 0 bridgehead atoms. The second kappa shape index (κ2) is 7.82. The van der Waals surface area contributed by atoms with Crippen LogP contribution < -0.4 is 10.6 Å². The van der Waals surface area contributed by atoms with E-state index in [1.165, 1.54) is 11.1 Å². The second-order valence-corrected chi connectivity index (χ2v) is 4.45. The molecule has 1 aromatic heterocycles. The SMILES string of the molecule is CN(C)C(=O)CCNC(=O)NCc1cn(CC(=O)O)nn1. The molecule has 0 saturated heterocycles. The van der Waals surface area contributed by atoms with Crippen LogP contribution in [-0.2, 0) is 22.7 Å². The molecule has 0 unspecified atom stereocenters. The molecule has 0 aliphatic heterocycles. The average Bonchev–Trinajstić information content (AvgIpc) is 2.82. The fourth-order valence-corrected chi connectivity index (χ4v) is 1.38. The Labute approximate surface area is 121 Å². The summed E-state index contributed by atoms with van der Waals surface area (Å²) in [5.41, 5.74) is 0.441. The van der Waals surface area contributed by atoms with Crippen molar-refractivity contribution in [1.82, 2.24) is 30.5 Å². The van der Waals surface area contributed by atoms with Crippen molar-refractivity contribution in [3.63, 3.8) is 0 Å². The van der Waals surface area contributed by atoms with Crippen LogP contribution in [0.1, 0.15) is 12.1 Å². The van der Waals surface area contributed by atoms with E-state index in [0.29, 0.717) is 5.69 Å². The Bertz CT molecular complexity index is 513. The minimum Gasteiger partial charge on any atom is -0.480 e. The van der Waals surface area contributed by atoms with Crippen molar-refractivity contribution in [3.8, 4) is 0 Å². The smallest absolute Gasteiger partial charge is 0.325 e. The lowest BCUT2D eigenvalue weighted by Gasteiger charge is -2.10. The van der Waals surface area contributed by atoms with Gasteiger partial charge in [0.2, 0.25) is 5.91 Å². The largest absolute Gasteiger partial charge is 0.480 e. The maximum atomic E-state index is 11.5. The van der Waals surface area contributed by atoms with E-state index in [9.17, 15) is 14.4 Å². The molecular formula is C11H18N6O4. The zero-order valence-electron chi connectivity index (χ0n) is 11.9. The Balaban J connectivity index is 2.25. The number of nitrogens with one attached hydrogen (secondary N) is 2. The van der Waals surface area contributed by atoms with Gasteiger partial charge in [0.1, 0.15) is 12.2 Å². The third-order valence-corrected chi connectivity index (χ3v) is 2.44. The minimum atomic E-state index is -1.03. The third-order valence-electron chi connectivity index (χ3n) is 2.44. The van der Waals surface area contributed by atoms with Crippen molar-refractivity contribution in [3.05, 3.63) is 11.9 Å². The highest BCUT2D eigenvalue weighted by molar-refractivity contribution is 5.77. The summed E-state index contributed by atoms with van der Waals surface area (Å²) in [4.78, 5) is 34.6. The summed E-state index contributed by atoms with van der Waals surface area (Å²) in [5.74, 6) is -1.10. The zero-order chi connectivity index (χ0) is 15.8. The first-order chi connectivity index (χ1) is 9.88. The van der Waals surface area contributed by atoms with Gasteiger partial charge in [0.05, 0.1) is 12.7 Å². The molecule has 10 nitrogen and oxygen atoms in total. The summed E-state index contributed by atoms with van der Waals surface area (Å²) >= 11 is 0. The standard InChI is InChI=1S/C11H18N6O4/c1-16(2)9(18)3-4-12-11(21)13-5-8-6-17(15-14-8)7-10(19)20/h6H,3-5,7H2,1-2H3,(H,19,20)(H2,12,13,21). The Hall–Kier alpha value is -2.65. The van der Waals surface area contributed by atoms with Gasteiger partial charge in [-0.2, -0.15) is 0 Å². The topological polar surface area (TPSA) is 129 Å². The average molecular weight is 298 g/mol. The number of urea groups is 1. The van der Waals surface area contributed by atoms with Gasteiger partial charge in [-0.25, -0.2) is 9.48 Å². The van der Waals surface area contributed by atoms with Gasteiger partial charge in [-0.1, -0.05) is 5.21 Å². The molecule has 0 aliphatic carbocycles. The van der Waals surface area contributed by atoms with Gasteiger partial charge < -0.3 is 20.6 Å². The maximum Gasteiger partial charge on any atom is 0.325 e. The summed E-state index contributed by atoms with van der Waals surface area (Å²) in [6, 6.07) is -0.436. The monoisotopic (exact) mass is 298 g/mol. The predicted octanol–water partition coefficient (Wildman–Crippen LogP) is -1.36. The number of nitrogens with zero attached hydrogens (tertiary/aromatic N) is 4. The van der Waals surface area contributed by atoms with Crippen molar-refractivity contribution in [2.45, 2.75) is 19.5 Å². The molecule has 1 heterocycles. The van der Waals surface area contributed by atoms with Gasteiger partial charge >= 0.3 is 12.0 Å². The molecule has 3 N–H and O–H groups in total. The molecule has 10 heteroatoms. The van der Waals surface area contributed by atoms with E-state index in [1.54, 1.807) is 14.1 Å². The fourth-order valence-electron chi connectivity index (χ4n) is 1.38. The van der Waals surface area contributed by atoms with E-state index in [1.807, 2.05) is 0 Å². The second-order valence-electron chi connectivity index (χ2n) is 4.45. The molecule has 0 fully saturated rings. The first kappa shape index (κ1) is 16.4. The Morgan fingerprint density at radius 2 is 2.05 bits per heavy atom. The van der Waals surface area contributed by atoms with Crippen molar-refractivity contribution >= 4 is 17.9 Å². The number of carbonyl (C=O) groups is 3. The van der Waals surface area contributed by atoms with Crippen molar-refractivity contribution in [1.29, 1.82) is 0 Å². The van der Waals surface area contributed by atoms with Crippen LogP contribution in [0.15, 0.2) is 6.20 Å². The van der Waals surface area contributed by atoms with Crippen LogP contribution in [0, 0.1) is 0 Å². The predicted molar refractivity (Wildman–Crippen MR) is 71.2 cm³/mol. The van der Waals surface area contributed by atoms with Gasteiger partial charge in [-0.05, 0) is 0 Å². The number of carboxylic acid groups (broad SMARTS) is 1. The molecule has 0 aliphatic rings. The van der Waals surface area contributed by atoms with E-state index in [-0.39, 0.29) is 32.0 Å². The summed E-state index contributed by atoms with van der Waals surface area (Å²) in [5, 5.41) is 21.0. The van der Waals surface area contributed by atoms with Gasteiger partial charge in [-0.15, -0.1) is 5.10 Å². The van der Waals surface area contributed by atoms with E-state index < -0.39 is 12.0 Å². The highest BCUT2D eigenvalue weighted by Crippen LogP contribution is 1.92. The van der Waals surface area contributed by atoms with E-state index in [0.717, 1.165) is 4.68 Å². The molecule has 3 amide bonds. The van der Waals surface area contributed by atoms with Crippen molar-refractivity contribution in [2.24, 2.45) is 0 Å². The minimum absolute atomic E-state index is 0.0769. The van der Waals surface area contributed by atoms with E-state index in [4.69, 9.17) is 5.11 Å². The number of hydrogen-bond donors (Lipinski definition) is 3. The number of carbonyl (C=O) groups excluding carboxylic acids is 2. The number of carboxylic acids is 1. The van der Waals surface area contributed by atoms with E-state index in [2.05, 4.69) is 20.9 Å². The molecule has 0 spiro atoms. The third kappa shape index (κ3) is 6.36. The fraction of sp³-hybridized carbons (Fsp3) is 0.545. The van der Waals surface area contributed by atoms with Crippen LogP contribution >= 0.6 is 0 Å². The molecule has 1 aromatic rings. The Morgan fingerprint density at radius 3 is 2.67 bits per heavy atom. The van der Waals surface area contributed by atoms with Gasteiger partial charge in [-0.3, -0.25) is 9.59 Å². The summed E-state index contributed by atoms with van der Waals surface area (Å²) in [7, 11) is 3.28. The van der Waals surface area contributed by atoms with Gasteiger partial charge in [0.15, 0.2) is 0 Å². The summed E-state index contributed by atoms with van der Waals surface area (Å²) in [6.07, 6.45) is 1.65. The van der Waals surface area contributed by atoms with E-state index >= 15 is 0 Å². The Kier molecular flexibility index (Phi) is 6.11. The van der Waals surface area contributed by atoms with Crippen LogP contribution in [-0.4, -0.2) is 63.5 Å². The lowest BCUT2D eigenvalue weighted by Crippen LogP contribution is -2.37. The number of rotatable bonds is 7. The molecule has 0 radical (unpaired) electrons. The zero-order valence-corrected chi connectivity index (χ0v) is 11.9. The highest BCUT2D eigenvalue weighted by Gasteiger charge is 2.07. The lowest BCUT2D eigenvalue weighted by atomic mass is 10.4.